The first-order chi connectivity index (χ1) is 13.7. The second-order valence-electron chi connectivity index (χ2n) is 6.90. The van der Waals surface area contributed by atoms with E-state index in [9.17, 15) is 13.2 Å². The minimum absolute atomic E-state index is 0.241. The van der Waals surface area contributed by atoms with Gasteiger partial charge in [0.1, 0.15) is 13.2 Å². The van der Waals surface area contributed by atoms with Gasteiger partial charge in [0.2, 0.25) is 0 Å². The van der Waals surface area contributed by atoms with Crippen LogP contribution in [0, 0.1) is 0 Å². The quantitative estimate of drug-likeness (QED) is 0.776. The summed E-state index contributed by atoms with van der Waals surface area (Å²) in [5.41, 5.74) is 1.81. The summed E-state index contributed by atoms with van der Waals surface area (Å²) < 4.78 is 37.8. The van der Waals surface area contributed by atoms with E-state index in [1.807, 2.05) is 25.1 Å². The number of carbonyl (C=O) groups is 1. The third-order valence-electron chi connectivity index (χ3n) is 4.71. The number of fused-ring (bicyclic) bond motifs is 1. The molecule has 0 fully saturated rings. The summed E-state index contributed by atoms with van der Waals surface area (Å²) in [6.07, 6.45) is 0. The molecule has 0 radical (unpaired) electrons. The van der Waals surface area contributed by atoms with Crippen LogP contribution in [0.3, 0.4) is 0 Å². The van der Waals surface area contributed by atoms with Crippen molar-refractivity contribution in [2.24, 2.45) is 0 Å². The summed E-state index contributed by atoms with van der Waals surface area (Å²) in [6.45, 7) is 2.91. The molecule has 0 saturated carbocycles. The third-order valence-corrected chi connectivity index (χ3v) is 6.54. The topological polar surface area (TPSA) is 88.2 Å². The lowest BCUT2D eigenvalue weighted by molar-refractivity contribution is 0.0939. The molecule has 0 saturated heterocycles. The lowest BCUT2D eigenvalue weighted by atomic mass is 10.1. The van der Waals surface area contributed by atoms with Crippen LogP contribution in [-0.4, -0.2) is 53.0 Å². The summed E-state index contributed by atoms with van der Waals surface area (Å²) in [4.78, 5) is 12.6. The lowest BCUT2D eigenvalue weighted by Crippen LogP contribution is -2.37. The van der Waals surface area contributed by atoms with E-state index in [-0.39, 0.29) is 11.9 Å². The Balaban J connectivity index is 1.69. The maximum atomic E-state index is 12.6. The standard InChI is InChI=1S/C20H25N3O5S/c1-14(16-7-10-18-19(13-16)28-12-11-27-18)21-20(24)15-5-8-17(9-6-15)23(4)29(25,26)22(2)3/h5-10,13-14H,11-12H2,1-4H3,(H,21,24)/t14-/m1/s1. The third kappa shape index (κ3) is 4.46. The second-order valence-corrected chi connectivity index (χ2v) is 9.08. The zero-order valence-corrected chi connectivity index (χ0v) is 17.7. The van der Waals surface area contributed by atoms with E-state index in [4.69, 9.17) is 9.47 Å². The Hall–Kier alpha value is -2.78. The van der Waals surface area contributed by atoms with Crippen molar-refractivity contribution in [1.82, 2.24) is 9.62 Å². The van der Waals surface area contributed by atoms with Crippen molar-refractivity contribution in [3.05, 3.63) is 53.6 Å². The van der Waals surface area contributed by atoms with Crippen LogP contribution in [0.1, 0.15) is 28.9 Å². The highest BCUT2D eigenvalue weighted by Gasteiger charge is 2.21. The van der Waals surface area contributed by atoms with Crippen molar-refractivity contribution in [1.29, 1.82) is 0 Å². The number of benzene rings is 2. The van der Waals surface area contributed by atoms with E-state index in [1.54, 1.807) is 24.3 Å². The molecular formula is C20H25N3O5S. The predicted octanol–water partition coefficient (Wildman–Crippen LogP) is 2.19. The van der Waals surface area contributed by atoms with Crippen LogP contribution in [0.25, 0.3) is 0 Å². The molecule has 2 aromatic carbocycles. The number of carbonyl (C=O) groups excluding carboxylic acids is 1. The molecule has 0 aliphatic carbocycles. The highest BCUT2D eigenvalue weighted by molar-refractivity contribution is 7.90. The number of rotatable bonds is 6. The van der Waals surface area contributed by atoms with Crippen molar-refractivity contribution in [3.8, 4) is 11.5 Å². The lowest BCUT2D eigenvalue weighted by Gasteiger charge is -2.23. The number of hydrogen-bond acceptors (Lipinski definition) is 5. The molecule has 8 nitrogen and oxygen atoms in total. The number of nitrogens with zero attached hydrogens (tertiary/aromatic N) is 2. The van der Waals surface area contributed by atoms with Gasteiger partial charge < -0.3 is 14.8 Å². The van der Waals surface area contributed by atoms with Crippen molar-refractivity contribution < 1.29 is 22.7 Å². The first-order valence-corrected chi connectivity index (χ1v) is 10.6. The van der Waals surface area contributed by atoms with Gasteiger partial charge in [-0.1, -0.05) is 6.07 Å². The fourth-order valence-corrected chi connectivity index (χ4v) is 3.77. The largest absolute Gasteiger partial charge is 0.486 e. The van der Waals surface area contributed by atoms with Gasteiger partial charge in [-0.2, -0.15) is 12.7 Å². The molecule has 2 aromatic rings. The van der Waals surface area contributed by atoms with Crippen LogP contribution in [0.15, 0.2) is 42.5 Å². The van der Waals surface area contributed by atoms with Crippen LogP contribution in [-0.2, 0) is 10.2 Å². The Labute approximate surface area is 171 Å². The van der Waals surface area contributed by atoms with Gasteiger partial charge in [0.05, 0.1) is 11.7 Å². The van der Waals surface area contributed by atoms with E-state index in [2.05, 4.69) is 5.32 Å². The molecule has 1 aliphatic rings. The van der Waals surface area contributed by atoms with E-state index < -0.39 is 10.2 Å². The van der Waals surface area contributed by atoms with Gasteiger partial charge in [-0.15, -0.1) is 0 Å². The zero-order valence-electron chi connectivity index (χ0n) is 16.9. The van der Waals surface area contributed by atoms with Crippen molar-refractivity contribution in [2.45, 2.75) is 13.0 Å². The first-order valence-electron chi connectivity index (χ1n) is 9.17. The Morgan fingerprint density at radius 3 is 2.24 bits per heavy atom. The van der Waals surface area contributed by atoms with E-state index >= 15 is 0 Å². The number of hydrogen-bond donors (Lipinski definition) is 1. The molecule has 1 amide bonds. The fraction of sp³-hybridized carbons (Fsp3) is 0.350. The van der Waals surface area contributed by atoms with E-state index in [1.165, 1.54) is 21.1 Å². The van der Waals surface area contributed by atoms with Crippen molar-refractivity contribution in [2.75, 3.05) is 38.7 Å². The van der Waals surface area contributed by atoms with Gasteiger partial charge in [-0.3, -0.25) is 9.10 Å². The van der Waals surface area contributed by atoms with Gasteiger partial charge in [-0.25, -0.2) is 0 Å². The molecule has 29 heavy (non-hydrogen) atoms. The minimum Gasteiger partial charge on any atom is -0.486 e. The smallest absolute Gasteiger partial charge is 0.303 e. The highest BCUT2D eigenvalue weighted by atomic mass is 32.2. The summed E-state index contributed by atoms with van der Waals surface area (Å²) >= 11 is 0. The van der Waals surface area contributed by atoms with Crippen LogP contribution >= 0.6 is 0 Å². The van der Waals surface area contributed by atoms with Gasteiger partial charge in [0, 0.05) is 26.7 Å². The van der Waals surface area contributed by atoms with Gasteiger partial charge in [0.25, 0.3) is 5.91 Å². The van der Waals surface area contributed by atoms with Gasteiger partial charge >= 0.3 is 10.2 Å². The SMILES string of the molecule is C[C@@H](NC(=O)c1ccc(N(C)S(=O)(=O)N(C)C)cc1)c1ccc2c(c1)OCCO2. The summed E-state index contributed by atoms with van der Waals surface area (Å²) in [5, 5.41) is 2.94. The molecule has 1 aliphatic heterocycles. The second kappa shape index (κ2) is 8.30. The highest BCUT2D eigenvalue weighted by Crippen LogP contribution is 2.32. The Kier molecular flexibility index (Phi) is 5.99. The molecule has 1 atom stereocenters. The molecular weight excluding hydrogens is 394 g/mol. The average molecular weight is 420 g/mol. The molecule has 0 bridgehead atoms. The molecule has 3 rings (SSSR count). The summed E-state index contributed by atoms with van der Waals surface area (Å²) in [7, 11) is 0.815. The molecule has 1 N–H and O–H groups in total. The molecule has 9 heteroatoms. The number of ether oxygens (including phenoxy) is 2. The Bertz CT molecular complexity index is 990. The van der Waals surface area contributed by atoms with Gasteiger partial charge in [0.15, 0.2) is 11.5 Å². The minimum atomic E-state index is -3.58. The van der Waals surface area contributed by atoms with Gasteiger partial charge in [-0.05, 0) is 48.9 Å². The van der Waals surface area contributed by atoms with Crippen LogP contribution in [0.4, 0.5) is 5.69 Å². The molecule has 156 valence electrons. The van der Waals surface area contributed by atoms with Crippen LogP contribution < -0.4 is 19.1 Å². The first kappa shape index (κ1) is 20.9. The Morgan fingerprint density at radius 1 is 1.00 bits per heavy atom. The maximum absolute atomic E-state index is 12.6. The number of amides is 1. The molecule has 0 spiro atoms. The summed E-state index contributed by atoms with van der Waals surface area (Å²) in [6, 6.07) is 11.8. The Morgan fingerprint density at radius 2 is 1.62 bits per heavy atom. The number of nitrogens with one attached hydrogen (secondary N) is 1. The van der Waals surface area contributed by atoms with E-state index in [0.29, 0.717) is 36.0 Å². The fourth-order valence-electron chi connectivity index (χ4n) is 2.89. The molecule has 0 unspecified atom stereocenters. The number of anilines is 1. The average Bonchev–Trinajstić information content (AvgIpc) is 2.72. The van der Waals surface area contributed by atoms with Crippen LogP contribution in [0.5, 0.6) is 11.5 Å². The summed E-state index contributed by atoms with van der Waals surface area (Å²) in [5.74, 6) is 1.12. The maximum Gasteiger partial charge on any atom is 0.303 e. The van der Waals surface area contributed by atoms with Crippen molar-refractivity contribution >= 4 is 21.8 Å². The van der Waals surface area contributed by atoms with E-state index in [0.717, 1.165) is 14.2 Å². The van der Waals surface area contributed by atoms with Crippen LogP contribution in [0.2, 0.25) is 0 Å². The molecule has 0 aromatic heterocycles. The predicted molar refractivity (Wildman–Crippen MR) is 111 cm³/mol. The zero-order chi connectivity index (χ0) is 21.2. The molecule has 1 heterocycles. The normalized spacial score (nSPS) is 14.4. The van der Waals surface area contributed by atoms with Crippen molar-refractivity contribution in [3.63, 3.8) is 0 Å². The monoisotopic (exact) mass is 419 g/mol.